The molecule has 0 spiro atoms. The number of thiophene rings is 1. The number of aliphatic carboxylic acids is 1. The van der Waals surface area contributed by atoms with Crippen LogP contribution in [0.1, 0.15) is 34.3 Å². The number of carboxylic acid groups (broad SMARTS) is 1. The fourth-order valence-corrected chi connectivity index (χ4v) is 3.92. The third kappa shape index (κ3) is 2.80. The van der Waals surface area contributed by atoms with Gasteiger partial charge in [-0.2, -0.15) is 0 Å². The number of carboxylic acids is 1. The number of hydrogen-bond donors (Lipinski definition) is 1. The summed E-state index contributed by atoms with van der Waals surface area (Å²) < 4.78 is 0. The molecule has 1 amide bonds. The van der Waals surface area contributed by atoms with Gasteiger partial charge in [0.1, 0.15) is 0 Å². The standard InChI is InChI=1S/C21H17NO3S/c1-13(21(24)25)14-6-8-17(9-7-14)22-12-16-5-4-15(11-18(16)20(22)23)19-3-2-10-26-19/h2-11,13H,12H2,1H3,(H,24,25). The van der Waals surface area contributed by atoms with E-state index in [9.17, 15) is 9.59 Å². The highest BCUT2D eigenvalue weighted by Gasteiger charge is 2.29. The second-order valence-electron chi connectivity index (χ2n) is 6.39. The van der Waals surface area contributed by atoms with Gasteiger partial charge in [0.2, 0.25) is 0 Å². The number of carbonyl (C=O) groups is 2. The third-order valence-corrected chi connectivity index (χ3v) is 5.71. The predicted molar refractivity (Wildman–Crippen MR) is 103 cm³/mol. The topological polar surface area (TPSA) is 57.6 Å². The Labute approximate surface area is 155 Å². The highest BCUT2D eigenvalue weighted by Crippen LogP contribution is 2.33. The van der Waals surface area contributed by atoms with Crippen molar-refractivity contribution in [2.45, 2.75) is 19.4 Å². The highest BCUT2D eigenvalue weighted by molar-refractivity contribution is 7.13. The van der Waals surface area contributed by atoms with Crippen LogP contribution in [-0.2, 0) is 11.3 Å². The summed E-state index contributed by atoms with van der Waals surface area (Å²) in [6.07, 6.45) is 0. The van der Waals surface area contributed by atoms with Crippen molar-refractivity contribution in [3.63, 3.8) is 0 Å². The molecule has 4 nitrogen and oxygen atoms in total. The Morgan fingerprint density at radius 1 is 1.15 bits per heavy atom. The normalized spacial score (nSPS) is 14.3. The first-order valence-corrected chi connectivity index (χ1v) is 9.24. The summed E-state index contributed by atoms with van der Waals surface area (Å²) in [6, 6.07) is 17.3. The minimum Gasteiger partial charge on any atom is -0.481 e. The molecule has 1 unspecified atom stereocenters. The van der Waals surface area contributed by atoms with Crippen molar-refractivity contribution in [2.75, 3.05) is 4.90 Å². The lowest BCUT2D eigenvalue weighted by Crippen LogP contribution is -2.23. The Bertz CT molecular complexity index is 977. The summed E-state index contributed by atoms with van der Waals surface area (Å²) in [5.74, 6) is -1.44. The van der Waals surface area contributed by atoms with Gasteiger partial charge in [-0.3, -0.25) is 9.59 Å². The lowest BCUT2D eigenvalue weighted by Gasteiger charge is -2.16. The number of amides is 1. The van der Waals surface area contributed by atoms with Crippen LogP contribution in [0, 0.1) is 0 Å². The fraction of sp³-hybridized carbons (Fsp3) is 0.143. The molecule has 0 bridgehead atoms. The van der Waals surface area contributed by atoms with Crippen molar-refractivity contribution in [1.82, 2.24) is 0 Å². The van der Waals surface area contributed by atoms with Gasteiger partial charge in [-0.05, 0) is 53.3 Å². The van der Waals surface area contributed by atoms with Crippen molar-refractivity contribution >= 4 is 28.9 Å². The Kier molecular flexibility index (Phi) is 4.09. The van der Waals surface area contributed by atoms with E-state index in [2.05, 4.69) is 6.07 Å². The van der Waals surface area contributed by atoms with Crippen molar-refractivity contribution in [3.05, 3.63) is 76.7 Å². The van der Waals surface area contributed by atoms with E-state index in [0.29, 0.717) is 6.54 Å². The van der Waals surface area contributed by atoms with Crippen LogP contribution in [0.2, 0.25) is 0 Å². The molecule has 26 heavy (non-hydrogen) atoms. The summed E-state index contributed by atoms with van der Waals surface area (Å²) in [6.45, 7) is 2.19. The highest BCUT2D eigenvalue weighted by atomic mass is 32.1. The van der Waals surface area contributed by atoms with Crippen molar-refractivity contribution in [1.29, 1.82) is 0 Å². The van der Waals surface area contributed by atoms with Crippen LogP contribution in [-0.4, -0.2) is 17.0 Å². The monoisotopic (exact) mass is 363 g/mol. The van der Waals surface area contributed by atoms with Crippen LogP contribution in [0.3, 0.4) is 0 Å². The number of carbonyl (C=O) groups excluding carboxylic acids is 1. The van der Waals surface area contributed by atoms with Gasteiger partial charge in [0.25, 0.3) is 5.91 Å². The molecule has 2 heterocycles. The van der Waals surface area contributed by atoms with Gasteiger partial charge in [-0.15, -0.1) is 11.3 Å². The molecule has 2 aromatic carbocycles. The maximum atomic E-state index is 12.9. The number of nitrogens with zero attached hydrogens (tertiary/aromatic N) is 1. The molecular formula is C21H17NO3S. The summed E-state index contributed by atoms with van der Waals surface area (Å²) in [5, 5.41) is 11.1. The van der Waals surface area contributed by atoms with Gasteiger partial charge in [0, 0.05) is 16.1 Å². The van der Waals surface area contributed by atoms with Crippen LogP contribution in [0.5, 0.6) is 0 Å². The Morgan fingerprint density at radius 2 is 1.92 bits per heavy atom. The molecule has 1 N–H and O–H groups in total. The summed E-state index contributed by atoms with van der Waals surface area (Å²) in [4.78, 5) is 26.9. The van der Waals surface area contributed by atoms with E-state index in [1.165, 1.54) is 0 Å². The first-order valence-electron chi connectivity index (χ1n) is 8.36. The molecule has 1 aliphatic heterocycles. The Morgan fingerprint density at radius 3 is 2.58 bits per heavy atom. The molecule has 130 valence electrons. The van der Waals surface area contributed by atoms with Crippen molar-refractivity contribution in [2.24, 2.45) is 0 Å². The van der Waals surface area contributed by atoms with E-state index in [0.717, 1.165) is 32.8 Å². The van der Waals surface area contributed by atoms with Gasteiger partial charge in [-0.1, -0.05) is 30.3 Å². The smallest absolute Gasteiger partial charge is 0.310 e. The van der Waals surface area contributed by atoms with Gasteiger partial charge in [-0.25, -0.2) is 0 Å². The molecule has 0 fully saturated rings. The van der Waals surface area contributed by atoms with Crippen molar-refractivity contribution in [3.8, 4) is 10.4 Å². The lowest BCUT2D eigenvalue weighted by molar-refractivity contribution is -0.138. The maximum absolute atomic E-state index is 12.9. The van der Waals surface area contributed by atoms with E-state index in [1.54, 1.807) is 35.3 Å². The zero-order valence-corrected chi connectivity index (χ0v) is 15.0. The Balaban J connectivity index is 1.61. The predicted octanol–water partition coefficient (Wildman–Crippen LogP) is 4.76. The Hall–Kier alpha value is -2.92. The number of benzene rings is 2. The number of hydrogen-bond acceptors (Lipinski definition) is 3. The molecule has 3 aromatic rings. The van der Waals surface area contributed by atoms with E-state index >= 15 is 0 Å². The molecule has 0 radical (unpaired) electrons. The molecule has 4 rings (SSSR count). The van der Waals surface area contributed by atoms with Crippen LogP contribution >= 0.6 is 11.3 Å². The molecular weight excluding hydrogens is 346 g/mol. The molecule has 1 aromatic heterocycles. The van der Waals surface area contributed by atoms with Gasteiger partial charge in [0.15, 0.2) is 0 Å². The largest absolute Gasteiger partial charge is 0.481 e. The van der Waals surface area contributed by atoms with Crippen LogP contribution in [0.25, 0.3) is 10.4 Å². The zero-order valence-electron chi connectivity index (χ0n) is 14.2. The summed E-state index contributed by atoms with van der Waals surface area (Å²) in [5.41, 5.74) is 4.31. The summed E-state index contributed by atoms with van der Waals surface area (Å²) >= 11 is 1.65. The second-order valence-corrected chi connectivity index (χ2v) is 7.34. The molecule has 0 saturated heterocycles. The summed E-state index contributed by atoms with van der Waals surface area (Å²) in [7, 11) is 0. The van der Waals surface area contributed by atoms with E-state index in [1.807, 2.05) is 41.8 Å². The average Bonchev–Trinajstić information content (AvgIpc) is 3.29. The SMILES string of the molecule is CC(C(=O)O)c1ccc(N2Cc3ccc(-c4cccs4)cc3C2=O)cc1. The first kappa shape index (κ1) is 16.5. The minimum atomic E-state index is -0.858. The van der Waals surface area contributed by atoms with E-state index < -0.39 is 11.9 Å². The number of fused-ring (bicyclic) bond motifs is 1. The van der Waals surface area contributed by atoms with Crippen LogP contribution in [0.15, 0.2) is 60.0 Å². The number of rotatable bonds is 4. The molecule has 1 atom stereocenters. The first-order chi connectivity index (χ1) is 12.5. The molecule has 1 aliphatic rings. The van der Waals surface area contributed by atoms with Gasteiger partial charge < -0.3 is 10.0 Å². The van der Waals surface area contributed by atoms with Crippen LogP contribution < -0.4 is 4.90 Å². The maximum Gasteiger partial charge on any atom is 0.310 e. The zero-order chi connectivity index (χ0) is 18.3. The quantitative estimate of drug-likeness (QED) is 0.727. The minimum absolute atomic E-state index is 0.0163. The van der Waals surface area contributed by atoms with E-state index in [4.69, 9.17) is 5.11 Å². The average molecular weight is 363 g/mol. The second kappa shape index (κ2) is 6.42. The van der Waals surface area contributed by atoms with Crippen LogP contribution in [0.4, 0.5) is 5.69 Å². The molecule has 0 saturated carbocycles. The molecule has 0 aliphatic carbocycles. The van der Waals surface area contributed by atoms with Gasteiger partial charge in [0.05, 0.1) is 12.5 Å². The van der Waals surface area contributed by atoms with Crippen molar-refractivity contribution < 1.29 is 14.7 Å². The van der Waals surface area contributed by atoms with Gasteiger partial charge >= 0.3 is 5.97 Å². The fourth-order valence-electron chi connectivity index (χ4n) is 3.19. The number of anilines is 1. The van der Waals surface area contributed by atoms with E-state index in [-0.39, 0.29) is 5.91 Å². The molecule has 5 heteroatoms. The third-order valence-electron chi connectivity index (χ3n) is 4.79. The lowest BCUT2D eigenvalue weighted by atomic mass is 10.0.